The highest BCUT2D eigenvalue weighted by Gasteiger charge is 2.19. The molecule has 0 heterocycles. The molecular weight excluding hydrogens is 697 g/mol. The monoisotopic (exact) mass is 793 g/mol. The first-order valence-corrected chi connectivity index (χ1v) is 24.6. The van der Waals surface area contributed by atoms with E-state index in [1.165, 1.54) is 148 Å². The summed E-state index contributed by atoms with van der Waals surface area (Å²) >= 11 is 0. The van der Waals surface area contributed by atoms with E-state index in [0.29, 0.717) is 19.3 Å². The molecular formula is C50H96O6. The van der Waals surface area contributed by atoms with Crippen LogP contribution in [0.1, 0.15) is 266 Å². The maximum Gasteiger partial charge on any atom is 0.306 e. The average Bonchev–Trinajstić information content (AvgIpc) is 3.16. The maximum atomic E-state index is 12.7. The molecule has 0 N–H and O–H groups in total. The predicted octanol–water partition coefficient (Wildman–Crippen LogP) is 15.6. The Bertz CT molecular complexity index is 870. The molecule has 0 saturated carbocycles. The smallest absolute Gasteiger partial charge is 0.306 e. The number of carbonyl (C=O) groups excluding carboxylic acids is 3. The molecule has 6 heteroatoms. The zero-order valence-corrected chi connectivity index (χ0v) is 38.4. The fraction of sp³-hybridized carbons (Fsp3) is 0.940. The van der Waals surface area contributed by atoms with Crippen molar-refractivity contribution in [2.75, 3.05) is 13.2 Å². The molecule has 0 aliphatic rings. The maximum absolute atomic E-state index is 12.7. The summed E-state index contributed by atoms with van der Waals surface area (Å²) < 4.78 is 16.8. The summed E-state index contributed by atoms with van der Waals surface area (Å²) in [7, 11) is 0. The van der Waals surface area contributed by atoms with Gasteiger partial charge in [-0.15, -0.1) is 0 Å². The van der Waals surface area contributed by atoms with E-state index in [1.54, 1.807) is 0 Å². The quantitative estimate of drug-likeness (QED) is 0.0348. The molecule has 0 saturated heterocycles. The molecule has 0 radical (unpaired) electrons. The van der Waals surface area contributed by atoms with Gasteiger partial charge in [0, 0.05) is 19.3 Å². The lowest BCUT2D eigenvalue weighted by molar-refractivity contribution is -0.167. The van der Waals surface area contributed by atoms with Crippen LogP contribution in [0.4, 0.5) is 0 Å². The number of rotatable bonds is 43. The largest absolute Gasteiger partial charge is 0.462 e. The van der Waals surface area contributed by atoms with Crippen LogP contribution >= 0.6 is 0 Å². The molecule has 0 aliphatic carbocycles. The van der Waals surface area contributed by atoms with E-state index in [2.05, 4.69) is 41.5 Å². The Kier molecular flexibility index (Phi) is 40.4. The van der Waals surface area contributed by atoms with Gasteiger partial charge in [0.25, 0.3) is 0 Å². The minimum absolute atomic E-state index is 0.0658. The molecule has 1 unspecified atom stereocenters. The second kappa shape index (κ2) is 41.6. The topological polar surface area (TPSA) is 78.9 Å². The summed E-state index contributed by atoms with van der Waals surface area (Å²) in [5, 5.41) is 0. The molecule has 2 atom stereocenters. The second-order valence-electron chi connectivity index (χ2n) is 18.3. The number of carbonyl (C=O) groups is 3. The van der Waals surface area contributed by atoms with E-state index in [4.69, 9.17) is 14.2 Å². The van der Waals surface area contributed by atoms with Gasteiger partial charge in [-0.25, -0.2) is 0 Å². The number of esters is 3. The van der Waals surface area contributed by atoms with Crippen molar-refractivity contribution < 1.29 is 28.6 Å². The molecule has 0 amide bonds. The molecule has 0 rings (SSSR count). The average molecular weight is 793 g/mol. The molecule has 0 aromatic carbocycles. The van der Waals surface area contributed by atoms with E-state index in [1.807, 2.05) is 0 Å². The summed E-state index contributed by atoms with van der Waals surface area (Å²) in [6, 6.07) is 0. The first kappa shape index (κ1) is 54.4. The highest BCUT2D eigenvalue weighted by Crippen LogP contribution is 2.18. The molecule has 0 fully saturated rings. The van der Waals surface area contributed by atoms with E-state index in [0.717, 1.165) is 75.5 Å². The van der Waals surface area contributed by atoms with Gasteiger partial charge in [0.05, 0.1) is 0 Å². The highest BCUT2D eigenvalue weighted by atomic mass is 16.6. The predicted molar refractivity (Wildman–Crippen MR) is 238 cm³/mol. The van der Waals surface area contributed by atoms with Crippen LogP contribution in [0.3, 0.4) is 0 Å². The first-order valence-electron chi connectivity index (χ1n) is 24.6. The third kappa shape index (κ3) is 42.0. The highest BCUT2D eigenvalue weighted by molar-refractivity contribution is 5.71. The molecule has 332 valence electrons. The summed E-state index contributed by atoms with van der Waals surface area (Å²) in [5.41, 5.74) is 0. The second-order valence-corrected chi connectivity index (χ2v) is 18.3. The number of hydrogen-bond donors (Lipinski definition) is 0. The Morgan fingerprint density at radius 1 is 0.357 bits per heavy atom. The van der Waals surface area contributed by atoms with Crippen molar-refractivity contribution in [2.45, 2.75) is 272 Å². The van der Waals surface area contributed by atoms with Crippen LogP contribution in [0.15, 0.2) is 0 Å². The third-order valence-corrected chi connectivity index (χ3v) is 11.5. The van der Waals surface area contributed by atoms with Crippen molar-refractivity contribution in [3.05, 3.63) is 0 Å². The lowest BCUT2D eigenvalue weighted by Gasteiger charge is -2.18. The third-order valence-electron chi connectivity index (χ3n) is 11.5. The lowest BCUT2D eigenvalue weighted by Crippen LogP contribution is -2.30. The van der Waals surface area contributed by atoms with Crippen LogP contribution in [0.2, 0.25) is 0 Å². The van der Waals surface area contributed by atoms with Crippen molar-refractivity contribution in [1.29, 1.82) is 0 Å². The van der Waals surface area contributed by atoms with Crippen LogP contribution in [0.5, 0.6) is 0 Å². The molecule has 0 aromatic heterocycles. The van der Waals surface area contributed by atoms with Crippen LogP contribution in [0, 0.1) is 17.8 Å². The van der Waals surface area contributed by atoms with Gasteiger partial charge in [0.15, 0.2) is 6.10 Å². The van der Waals surface area contributed by atoms with Gasteiger partial charge in [-0.1, -0.05) is 228 Å². The van der Waals surface area contributed by atoms with Crippen molar-refractivity contribution in [2.24, 2.45) is 17.8 Å². The van der Waals surface area contributed by atoms with Crippen molar-refractivity contribution >= 4 is 17.9 Å². The Morgan fingerprint density at radius 2 is 0.625 bits per heavy atom. The number of ether oxygens (including phenoxy) is 3. The summed E-state index contributed by atoms with van der Waals surface area (Å²) in [4.78, 5) is 37.8. The number of hydrogen-bond acceptors (Lipinski definition) is 6. The molecule has 0 bridgehead atoms. The van der Waals surface area contributed by atoms with E-state index in [-0.39, 0.29) is 31.1 Å². The molecule has 0 aromatic rings. The van der Waals surface area contributed by atoms with Crippen LogP contribution < -0.4 is 0 Å². The standard InChI is InChI=1S/C50H96O6/c1-7-46(6)38-32-26-22-23-28-34-40-49(52)55-43-47(56-50(53)41-35-29-21-17-13-12-15-19-25-31-37-45(4)5)42-54-48(51)39-33-27-20-16-11-9-8-10-14-18-24-30-36-44(2)3/h44-47H,7-43H2,1-6H3/t46?,47-/m1/s1. The van der Waals surface area contributed by atoms with E-state index < -0.39 is 6.10 Å². The summed E-state index contributed by atoms with van der Waals surface area (Å²) in [6.07, 6.45) is 39.5. The Labute approximate surface area is 348 Å². The van der Waals surface area contributed by atoms with Gasteiger partial charge in [-0.3, -0.25) is 14.4 Å². The summed E-state index contributed by atoms with van der Waals surface area (Å²) in [6.45, 7) is 13.7. The van der Waals surface area contributed by atoms with Gasteiger partial charge < -0.3 is 14.2 Å². The minimum Gasteiger partial charge on any atom is -0.462 e. The summed E-state index contributed by atoms with van der Waals surface area (Å²) in [5.74, 6) is 1.60. The van der Waals surface area contributed by atoms with Gasteiger partial charge >= 0.3 is 17.9 Å². The van der Waals surface area contributed by atoms with E-state index in [9.17, 15) is 14.4 Å². The lowest BCUT2D eigenvalue weighted by atomic mass is 10.00. The normalized spacial score (nSPS) is 12.6. The SMILES string of the molecule is CCC(C)CCCCCCCCC(=O)OC[C@@H](COC(=O)CCCCCCCCCCCCCCC(C)C)OC(=O)CCCCCCCCCCCCC(C)C. The Morgan fingerprint density at radius 3 is 0.929 bits per heavy atom. The first-order chi connectivity index (χ1) is 27.1. The molecule has 56 heavy (non-hydrogen) atoms. The van der Waals surface area contributed by atoms with E-state index >= 15 is 0 Å². The zero-order valence-electron chi connectivity index (χ0n) is 38.4. The Hall–Kier alpha value is -1.59. The van der Waals surface area contributed by atoms with Gasteiger partial charge in [-0.05, 0) is 37.0 Å². The molecule has 0 aliphatic heterocycles. The van der Waals surface area contributed by atoms with Crippen molar-refractivity contribution in [3.8, 4) is 0 Å². The van der Waals surface area contributed by atoms with Crippen molar-refractivity contribution in [1.82, 2.24) is 0 Å². The number of unbranched alkanes of at least 4 members (excludes halogenated alkanes) is 25. The molecule has 0 spiro atoms. The fourth-order valence-electron chi connectivity index (χ4n) is 7.38. The van der Waals surface area contributed by atoms with Crippen LogP contribution in [-0.4, -0.2) is 37.2 Å². The Balaban J connectivity index is 4.32. The zero-order chi connectivity index (χ0) is 41.3. The van der Waals surface area contributed by atoms with Crippen LogP contribution in [0.25, 0.3) is 0 Å². The van der Waals surface area contributed by atoms with Gasteiger partial charge in [0.2, 0.25) is 0 Å². The molecule has 6 nitrogen and oxygen atoms in total. The van der Waals surface area contributed by atoms with Gasteiger partial charge in [-0.2, -0.15) is 0 Å². The van der Waals surface area contributed by atoms with Gasteiger partial charge in [0.1, 0.15) is 13.2 Å². The van der Waals surface area contributed by atoms with Crippen LogP contribution in [-0.2, 0) is 28.6 Å². The fourth-order valence-corrected chi connectivity index (χ4v) is 7.38. The van der Waals surface area contributed by atoms with Crippen molar-refractivity contribution in [3.63, 3.8) is 0 Å². The minimum atomic E-state index is -0.763.